The van der Waals surface area contributed by atoms with Crippen LogP contribution in [0.15, 0.2) is 0 Å². The van der Waals surface area contributed by atoms with Crippen molar-refractivity contribution in [1.82, 2.24) is 0 Å². The minimum atomic E-state index is -3.82. The fourth-order valence-corrected chi connectivity index (χ4v) is 1.63. The molecule has 94 valence electrons. The summed E-state index contributed by atoms with van der Waals surface area (Å²) >= 11 is 0. The Balaban J connectivity index is 4.06. The van der Waals surface area contributed by atoms with Crippen LogP contribution in [0.1, 0.15) is 25.7 Å². The number of hydrogen-bond donors (Lipinski definition) is 2. The zero-order valence-electron chi connectivity index (χ0n) is 8.75. The van der Waals surface area contributed by atoms with Crippen molar-refractivity contribution in [2.24, 2.45) is 0 Å². The van der Waals surface area contributed by atoms with E-state index in [0.717, 1.165) is 6.26 Å². The molecule has 1 atom stereocenters. The van der Waals surface area contributed by atoms with Crippen molar-refractivity contribution in [3.63, 3.8) is 0 Å². The van der Waals surface area contributed by atoms with E-state index in [9.17, 15) is 18.0 Å². The third-order valence-corrected chi connectivity index (χ3v) is 2.26. The fourth-order valence-electron chi connectivity index (χ4n) is 1.03. The summed E-state index contributed by atoms with van der Waals surface area (Å²) in [7, 11) is -3.82. The monoisotopic (exact) mass is 254 g/mol. The topological polar surface area (TPSA) is 118 Å². The summed E-state index contributed by atoms with van der Waals surface area (Å²) in [6, 6.07) is 0. The Hall–Kier alpha value is -1.15. The highest BCUT2D eigenvalue weighted by atomic mass is 32.2. The highest BCUT2D eigenvalue weighted by molar-refractivity contribution is 7.86. The molecule has 7 nitrogen and oxygen atoms in total. The van der Waals surface area contributed by atoms with Crippen LogP contribution < -0.4 is 0 Å². The van der Waals surface area contributed by atoms with Gasteiger partial charge in [-0.1, -0.05) is 0 Å². The number of carboxylic acids is 2. The standard InChI is InChI=1S/C8H14O7S/c1-16(13,14)15-6(8(11)12)4-2-3-5-7(9)10/h6H,2-5H2,1H3,(H,9,10)(H,11,12). The first-order valence-electron chi connectivity index (χ1n) is 4.55. The number of rotatable bonds is 8. The van der Waals surface area contributed by atoms with Crippen LogP contribution >= 0.6 is 0 Å². The molecule has 0 saturated carbocycles. The molecule has 1 unspecified atom stereocenters. The van der Waals surface area contributed by atoms with E-state index in [-0.39, 0.29) is 25.7 Å². The van der Waals surface area contributed by atoms with Gasteiger partial charge in [0.2, 0.25) is 0 Å². The van der Waals surface area contributed by atoms with Crippen LogP contribution in [-0.4, -0.2) is 42.9 Å². The molecular weight excluding hydrogens is 240 g/mol. The summed E-state index contributed by atoms with van der Waals surface area (Å²) in [6.07, 6.45) is -0.227. The van der Waals surface area contributed by atoms with Crippen LogP contribution in [0, 0.1) is 0 Å². The quantitative estimate of drug-likeness (QED) is 0.464. The highest BCUT2D eigenvalue weighted by Crippen LogP contribution is 2.09. The van der Waals surface area contributed by atoms with E-state index in [1.165, 1.54) is 0 Å². The summed E-state index contributed by atoms with van der Waals surface area (Å²) in [6.45, 7) is 0. The molecule has 0 aromatic rings. The lowest BCUT2D eigenvalue weighted by atomic mass is 10.1. The van der Waals surface area contributed by atoms with Crippen LogP contribution in [0.2, 0.25) is 0 Å². The van der Waals surface area contributed by atoms with Gasteiger partial charge in [0.05, 0.1) is 6.26 Å². The lowest BCUT2D eigenvalue weighted by Gasteiger charge is -2.10. The predicted octanol–water partition coefficient (Wildman–Crippen LogP) is 0.0608. The lowest BCUT2D eigenvalue weighted by molar-refractivity contribution is -0.145. The smallest absolute Gasteiger partial charge is 0.334 e. The van der Waals surface area contributed by atoms with Crippen LogP contribution in [-0.2, 0) is 23.9 Å². The van der Waals surface area contributed by atoms with Gasteiger partial charge in [-0.25, -0.2) is 4.79 Å². The van der Waals surface area contributed by atoms with Crippen molar-refractivity contribution >= 4 is 22.1 Å². The van der Waals surface area contributed by atoms with Crippen LogP contribution in [0.5, 0.6) is 0 Å². The Morgan fingerprint density at radius 1 is 1.25 bits per heavy atom. The molecule has 8 heteroatoms. The molecule has 0 amide bonds. The molecule has 0 saturated heterocycles. The number of hydrogen-bond acceptors (Lipinski definition) is 5. The normalized spacial score (nSPS) is 13.3. The highest BCUT2D eigenvalue weighted by Gasteiger charge is 2.22. The fraction of sp³-hybridized carbons (Fsp3) is 0.750. The molecule has 0 aromatic heterocycles. The van der Waals surface area contributed by atoms with Crippen molar-refractivity contribution in [3.05, 3.63) is 0 Å². The van der Waals surface area contributed by atoms with Crippen LogP contribution in [0.3, 0.4) is 0 Å². The van der Waals surface area contributed by atoms with E-state index in [4.69, 9.17) is 10.2 Å². The maximum Gasteiger partial charge on any atom is 0.334 e. The van der Waals surface area contributed by atoms with E-state index in [0.29, 0.717) is 0 Å². The second kappa shape index (κ2) is 6.44. The first-order chi connectivity index (χ1) is 7.22. The summed E-state index contributed by atoms with van der Waals surface area (Å²) in [5, 5.41) is 17.0. The molecule has 0 rings (SSSR count). The second-order valence-corrected chi connectivity index (χ2v) is 4.87. The van der Waals surface area contributed by atoms with Crippen molar-refractivity contribution in [1.29, 1.82) is 0 Å². The van der Waals surface area contributed by atoms with Crippen molar-refractivity contribution in [3.8, 4) is 0 Å². The first-order valence-corrected chi connectivity index (χ1v) is 6.37. The Labute approximate surface area is 93.2 Å². The van der Waals surface area contributed by atoms with E-state index >= 15 is 0 Å². The van der Waals surface area contributed by atoms with E-state index in [1.807, 2.05) is 0 Å². The first kappa shape index (κ1) is 14.8. The Morgan fingerprint density at radius 2 is 1.81 bits per heavy atom. The van der Waals surface area contributed by atoms with E-state index in [1.54, 1.807) is 0 Å². The van der Waals surface area contributed by atoms with Gasteiger partial charge in [-0.2, -0.15) is 8.42 Å². The number of carboxylic acid groups (broad SMARTS) is 2. The van der Waals surface area contributed by atoms with Crippen LogP contribution in [0.25, 0.3) is 0 Å². The predicted molar refractivity (Wildman–Crippen MR) is 53.5 cm³/mol. The summed E-state index contributed by atoms with van der Waals surface area (Å²) in [5.41, 5.74) is 0. The minimum absolute atomic E-state index is 0.0321. The van der Waals surface area contributed by atoms with Crippen molar-refractivity contribution < 1.29 is 32.4 Å². The SMILES string of the molecule is CS(=O)(=O)OC(CCCCC(=O)O)C(=O)O. The Kier molecular flexibility index (Phi) is 5.97. The molecule has 0 spiro atoms. The Morgan fingerprint density at radius 3 is 2.19 bits per heavy atom. The van der Waals surface area contributed by atoms with Gasteiger partial charge in [-0.15, -0.1) is 0 Å². The van der Waals surface area contributed by atoms with Gasteiger partial charge < -0.3 is 10.2 Å². The van der Waals surface area contributed by atoms with Crippen molar-refractivity contribution in [2.45, 2.75) is 31.8 Å². The average molecular weight is 254 g/mol. The third-order valence-electron chi connectivity index (χ3n) is 1.67. The molecule has 0 radical (unpaired) electrons. The zero-order chi connectivity index (χ0) is 12.8. The largest absolute Gasteiger partial charge is 0.481 e. The Bertz CT molecular complexity index is 345. The molecule has 16 heavy (non-hydrogen) atoms. The molecule has 0 aliphatic carbocycles. The molecule has 0 heterocycles. The molecule has 2 N–H and O–H groups in total. The minimum Gasteiger partial charge on any atom is -0.481 e. The number of aliphatic carboxylic acids is 2. The summed E-state index contributed by atoms with van der Waals surface area (Å²) < 4.78 is 25.7. The van der Waals surface area contributed by atoms with E-state index in [2.05, 4.69) is 4.18 Å². The lowest BCUT2D eigenvalue weighted by Crippen LogP contribution is -2.26. The molecule has 0 aromatic carbocycles. The van der Waals surface area contributed by atoms with Crippen LogP contribution in [0.4, 0.5) is 0 Å². The third kappa shape index (κ3) is 8.18. The summed E-state index contributed by atoms with van der Waals surface area (Å²) in [5.74, 6) is -2.35. The molecule has 0 aliphatic heterocycles. The van der Waals surface area contributed by atoms with Gasteiger partial charge >= 0.3 is 11.9 Å². The number of unbranched alkanes of at least 4 members (excludes halogenated alkanes) is 1. The van der Waals surface area contributed by atoms with Gasteiger partial charge in [0, 0.05) is 6.42 Å². The summed E-state index contributed by atoms with van der Waals surface area (Å²) in [4.78, 5) is 20.8. The molecule has 0 bridgehead atoms. The molecule has 0 aliphatic rings. The van der Waals surface area contributed by atoms with Crippen molar-refractivity contribution in [2.75, 3.05) is 6.26 Å². The zero-order valence-corrected chi connectivity index (χ0v) is 9.57. The molecular formula is C8H14O7S. The van der Waals surface area contributed by atoms with Gasteiger partial charge in [0.15, 0.2) is 6.10 Å². The second-order valence-electron chi connectivity index (χ2n) is 3.27. The van der Waals surface area contributed by atoms with E-state index < -0.39 is 28.2 Å². The maximum atomic E-state index is 10.7. The van der Waals surface area contributed by atoms with Gasteiger partial charge in [-0.3, -0.25) is 8.98 Å². The van der Waals surface area contributed by atoms with Gasteiger partial charge in [0.25, 0.3) is 10.1 Å². The average Bonchev–Trinajstić information content (AvgIpc) is 2.07. The molecule has 0 fully saturated rings. The maximum absolute atomic E-state index is 10.7. The van der Waals surface area contributed by atoms with Gasteiger partial charge in [-0.05, 0) is 19.3 Å². The number of carbonyl (C=O) groups is 2. The van der Waals surface area contributed by atoms with Gasteiger partial charge in [0.1, 0.15) is 0 Å².